The molecule has 3 aromatic rings. The van der Waals surface area contributed by atoms with Gasteiger partial charge in [-0.3, -0.25) is 4.79 Å². The van der Waals surface area contributed by atoms with Crippen LogP contribution in [0.1, 0.15) is 45.8 Å². The summed E-state index contributed by atoms with van der Waals surface area (Å²) in [6, 6.07) is -0.173. The summed E-state index contributed by atoms with van der Waals surface area (Å²) in [6.45, 7) is 4.46. The second-order valence-corrected chi connectivity index (χ2v) is 7.35. The van der Waals surface area contributed by atoms with Crippen molar-refractivity contribution in [2.45, 2.75) is 32.7 Å². The first kappa shape index (κ1) is 15.4. The van der Waals surface area contributed by atoms with Crippen LogP contribution in [0.4, 0.5) is 0 Å². The van der Waals surface area contributed by atoms with Crippen molar-refractivity contribution in [1.29, 1.82) is 0 Å². The van der Waals surface area contributed by atoms with Crippen molar-refractivity contribution in [3.63, 3.8) is 0 Å². The van der Waals surface area contributed by atoms with Gasteiger partial charge < -0.3 is 9.32 Å². The highest BCUT2D eigenvalue weighted by Gasteiger charge is 2.35. The zero-order valence-electron chi connectivity index (χ0n) is 13.2. The van der Waals surface area contributed by atoms with Crippen LogP contribution >= 0.6 is 22.7 Å². The van der Waals surface area contributed by atoms with E-state index in [0.29, 0.717) is 23.2 Å². The fraction of sp³-hybridized carbons (Fsp3) is 0.400. The van der Waals surface area contributed by atoms with Gasteiger partial charge in [0.25, 0.3) is 11.8 Å². The minimum Gasteiger partial charge on any atom is -0.418 e. The smallest absolute Gasteiger partial charge is 0.266 e. The molecule has 1 aliphatic rings. The molecular formula is C15H15N5O2S2. The molecule has 124 valence electrons. The summed E-state index contributed by atoms with van der Waals surface area (Å²) in [5.41, 5.74) is 5.09. The molecular weight excluding hydrogens is 346 g/mol. The van der Waals surface area contributed by atoms with Crippen LogP contribution in [-0.2, 0) is 0 Å². The lowest BCUT2D eigenvalue weighted by Gasteiger charge is -2.21. The Hall–Kier alpha value is -2.13. The number of amides is 1. The van der Waals surface area contributed by atoms with E-state index in [-0.39, 0.29) is 11.9 Å². The van der Waals surface area contributed by atoms with Crippen molar-refractivity contribution in [2.75, 3.05) is 6.54 Å². The molecule has 4 heterocycles. The first-order valence-corrected chi connectivity index (χ1v) is 9.36. The van der Waals surface area contributed by atoms with Crippen LogP contribution in [0.3, 0.4) is 0 Å². The van der Waals surface area contributed by atoms with Crippen LogP contribution in [0.25, 0.3) is 10.8 Å². The van der Waals surface area contributed by atoms with Crippen molar-refractivity contribution in [2.24, 2.45) is 0 Å². The summed E-state index contributed by atoms with van der Waals surface area (Å²) in [5.74, 6) is 0.954. The minimum atomic E-state index is -0.173. The van der Waals surface area contributed by atoms with Crippen LogP contribution in [0, 0.1) is 13.8 Å². The number of aromatic nitrogens is 4. The second kappa shape index (κ2) is 6.06. The highest BCUT2D eigenvalue weighted by atomic mass is 32.1. The van der Waals surface area contributed by atoms with Crippen molar-refractivity contribution in [3.8, 4) is 10.8 Å². The van der Waals surface area contributed by atoms with Crippen LogP contribution in [-0.4, -0.2) is 37.5 Å². The molecule has 1 atom stereocenters. The largest absolute Gasteiger partial charge is 0.418 e. The van der Waals surface area contributed by atoms with Gasteiger partial charge in [-0.25, -0.2) is 9.97 Å². The highest BCUT2D eigenvalue weighted by molar-refractivity contribution is 7.13. The van der Waals surface area contributed by atoms with Crippen molar-refractivity contribution in [1.82, 2.24) is 25.1 Å². The van der Waals surface area contributed by atoms with Gasteiger partial charge in [-0.2, -0.15) is 0 Å². The average molecular weight is 361 g/mol. The first-order valence-electron chi connectivity index (χ1n) is 7.60. The fourth-order valence-electron chi connectivity index (χ4n) is 2.87. The Labute approximate surface area is 146 Å². The molecule has 0 radical (unpaired) electrons. The minimum absolute atomic E-state index is 0.00813. The molecule has 1 fully saturated rings. The lowest BCUT2D eigenvalue weighted by Crippen LogP contribution is -2.30. The van der Waals surface area contributed by atoms with Crippen molar-refractivity contribution < 1.29 is 9.21 Å². The quantitative estimate of drug-likeness (QED) is 0.712. The van der Waals surface area contributed by atoms with Gasteiger partial charge in [0.1, 0.15) is 15.8 Å². The number of carbonyl (C=O) groups is 1. The number of nitrogens with zero attached hydrogens (tertiary/aromatic N) is 5. The molecule has 0 saturated carbocycles. The van der Waals surface area contributed by atoms with Crippen LogP contribution in [0.5, 0.6) is 0 Å². The molecule has 1 saturated heterocycles. The first-order chi connectivity index (χ1) is 11.6. The van der Waals surface area contributed by atoms with Gasteiger partial charge in [0.15, 0.2) is 0 Å². The van der Waals surface area contributed by atoms with Gasteiger partial charge in [-0.15, -0.1) is 32.9 Å². The second-order valence-electron chi connectivity index (χ2n) is 5.64. The number of likely N-dealkylation sites (tertiary alicyclic amines) is 1. The third-order valence-corrected chi connectivity index (χ3v) is 5.95. The molecule has 3 aromatic heterocycles. The van der Waals surface area contributed by atoms with E-state index in [4.69, 9.17) is 4.42 Å². The topological polar surface area (TPSA) is 85.0 Å². The highest BCUT2D eigenvalue weighted by Crippen LogP contribution is 2.35. The van der Waals surface area contributed by atoms with Gasteiger partial charge in [0.2, 0.25) is 5.89 Å². The average Bonchev–Trinajstić information content (AvgIpc) is 3.33. The number of hydrogen-bond donors (Lipinski definition) is 0. The number of carbonyl (C=O) groups excluding carboxylic acids is 1. The van der Waals surface area contributed by atoms with Crippen LogP contribution in [0.2, 0.25) is 0 Å². The number of thiazole rings is 2. The SMILES string of the molecule is Cc1ncsc1C(=O)N1CCCC1c1nnc(-c2scnc2C)o1. The third kappa shape index (κ3) is 2.53. The predicted octanol–water partition coefficient (Wildman–Crippen LogP) is 3.24. The van der Waals surface area contributed by atoms with E-state index in [2.05, 4.69) is 20.2 Å². The molecule has 9 heteroatoms. The number of rotatable bonds is 3. The van der Waals surface area contributed by atoms with Gasteiger partial charge >= 0.3 is 0 Å². The predicted molar refractivity (Wildman–Crippen MR) is 90.0 cm³/mol. The van der Waals surface area contributed by atoms with E-state index in [1.165, 1.54) is 22.7 Å². The standard InChI is InChI=1S/C15H15N5O2S2/c1-8-11(23-6-16-8)14-19-18-13(22-14)10-4-3-5-20(10)15(21)12-9(2)17-7-24-12/h6-7,10H,3-5H2,1-2H3. The van der Waals surface area contributed by atoms with E-state index in [1.54, 1.807) is 11.0 Å². The van der Waals surface area contributed by atoms with Crippen LogP contribution < -0.4 is 0 Å². The van der Waals surface area contributed by atoms with Gasteiger partial charge in [-0.05, 0) is 26.7 Å². The normalized spacial score (nSPS) is 17.6. The number of aryl methyl sites for hydroxylation is 2. The molecule has 0 N–H and O–H groups in total. The van der Waals surface area contributed by atoms with E-state index >= 15 is 0 Å². The Kier molecular flexibility index (Phi) is 3.89. The molecule has 0 aliphatic carbocycles. The summed E-state index contributed by atoms with van der Waals surface area (Å²) < 4.78 is 5.86. The molecule has 4 rings (SSSR count). The van der Waals surface area contributed by atoms with Crippen LogP contribution in [0.15, 0.2) is 15.4 Å². The summed E-state index contributed by atoms with van der Waals surface area (Å²) in [4.78, 5) is 24.6. The van der Waals surface area contributed by atoms with E-state index in [0.717, 1.165) is 29.1 Å². The van der Waals surface area contributed by atoms with E-state index in [9.17, 15) is 4.79 Å². The molecule has 0 spiro atoms. The maximum atomic E-state index is 12.8. The molecule has 1 aliphatic heterocycles. The molecule has 1 unspecified atom stereocenters. The monoisotopic (exact) mass is 361 g/mol. The molecule has 7 nitrogen and oxygen atoms in total. The zero-order valence-corrected chi connectivity index (χ0v) is 14.9. The summed E-state index contributed by atoms with van der Waals surface area (Å²) >= 11 is 2.84. The van der Waals surface area contributed by atoms with E-state index in [1.807, 2.05) is 18.7 Å². The maximum absolute atomic E-state index is 12.8. The number of hydrogen-bond acceptors (Lipinski definition) is 8. The molecule has 1 amide bonds. The Morgan fingerprint density at radius 1 is 1.21 bits per heavy atom. The maximum Gasteiger partial charge on any atom is 0.266 e. The van der Waals surface area contributed by atoms with E-state index < -0.39 is 0 Å². The molecule has 24 heavy (non-hydrogen) atoms. The Morgan fingerprint density at radius 3 is 2.71 bits per heavy atom. The third-order valence-electron chi connectivity index (χ3n) is 4.12. The van der Waals surface area contributed by atoms with Gasteiger partial charge in [0.05, 0.1) is 22.4 Å². The van der Waals surface area contributed by atoms with Gasteiger partial charge in [-0.1, -0.05) is 0 Å². The molecule has 0 bridgehead atoms. The summed E-state index contributed by atoms with van der Waals surface area (Å²) in [7, 11) is 0. The Bertz CT molecular complexity index is 884. The summed E-state index contributed by atoms with van der Waals surface area (Å²) in [5, 5.41) is 8.33. The van der Waals surface area contributed by atoms with Crippen molar-refractivity contribution in [3.05, 3.63) is 33.2 Å². The molecule has 0 aromatic carbocycles. The Balaban J connectivity index is 1.62. The van der Waals surface area contributed by atoms with Gasteiger partial charge in [0, 0.05) is 6.54 Å². The lowest BCUT2D eigenvalue weighted by molar-refractivity contribution is 0.0720. The Morgan fingerprint density at radius 2 is 2.00 bits per heavy atom. The lowest BCUT2D eigenvalue weighted by atomic mass is 10.2. The summed E-state index contributed by atoms with van der Waals surface area (Å²) in [6.07, 6.45) is 1.75. The fourth-order valence-corrected chi connectivity index (χ4v) is 4.35. The van der Waals surface area contributed by atoms with Crippen molar-refractivity contribution >= 4 is 28.6 Å². The zero-order chi connectivity index (χ0) is 16.7.